The molecule has 0 N–H and O–H groups in total. The van der Waals surface area contributed by atoms with Crippen molar-refractivity contribution < 1.29 is 4.79 Å². The van der Waals surface area contributed by atoms with Gasteiger partial charge in [0, 0.05) is 12.6 Å². The predicted octanol–water partition coefficient (Wildman–Crippen LogP) is 1.19. The van der Waals surface area contributed by atoms with Crippen LogP contribution in [0.15, 0.2) is 29.1 Å². The summed E-state index contributed by atoms with van der Waals surface area (Å²) in [5.41, 5.74) is 0.288. The van der Waals surface area contributed by atoms with Crippen LogP contribution in [0.1, 0.15) is 26.2 Å². The molecule has 1 amide bonds. The molecule has 1 aliphatic rings. The number of piperidine rings is 1. The zero-order valence-corrected chi connectivity index (χ0v) is 12.0. The molecule has 1 aromatic carbocycles. The second-order valence-corrected chi connectivity index (χ2v) is 5.50. The van der Waals surface area contributed by atoms with Gasteiger partial charge in [0.15, 0.2) is 0 Å². The molecule has 0 saturated carbocycles. The van der Waals surface area contributed by atoms with Gasteiger partial charge in [-0.1, -0.05) is 17.3 Å². The highest BCUT2D eigenvalue weighted by atomic mass is 16.2. The first kappa shape index (κ1) is 13.7. The number of hydrogen-bond acceptors (Lipinski definition) is 4. The van der Waals surface area contributed by atoms with Crippen molar-refractivity contribution in [1.29, 1.82) is 0 Å². The zero-order chi connectivity index (χ0) is 14.8. The lowest BCUT2D eigenvalue weighted by Crippen LogP contribution is -2.45. The highest BCUT2D eigenvalue weighted by Crippen LogP contribution is 2.16. The maximum atomic E-state index is 12.4. The van der Waals surface area contributed by atoms with Gasteiger partial charge >= 0.3 is 0 Å². The Morgan fingerprint density at radius 1 is 1.33 bits per heavy atom. The maximum absolute atomic E-state index is 12.4. The molecule has 1 aliphatic heterocycles. The topological polar surface area (TPSA) is 68.1 Å². The fourth-order valence-corrected chi connectivity index (χ4v) is 2.81. The van der Waals surface area contributed by atoms with E-state index < -0.39 is 0 Å². The third-order valence-electron chi connectivity index (χ3n) is 4.04. The van der Waals surface area contributed by atoms with E-state index in [0.29, 0.717) is 10.9 Å². The molecule has 0 radical (unpaired) electrons. The molecule has 0 aliphatic carbocycles. The van der Waals surface area contributed by atoms with Crippen molar-refractivity contribution in [2.24, 2.45) is 0 Å². The highest BCUT2D eigenvalue weighted by molar-refractivity contribution is 5.78. The average Bonchev–Trinajstić information content (AvgIpc) is 2.51. The smallest absolute Gasteiger partial charge is 0.278 e. The van der Waals surface area contributed by atoms with Crippen LogP contribution in [0.5, 0.6) is 0 Å². The summed E-state index contributed by atoms with van der Waals surface area (Å²) in [4.78, 5) is 26.5. The summed E-state index contributed by atoms with van der Waals surface area (Å²) in [6, 6.07) is 7.26. The molecule has 2 heterocycles. The lowest BCUT2D eigenvalue weighted by molar-refractivity contribution is -0.135. The third kappa shape index (κ3) is 2.66. The van der Waals surface area contributed by atoms with Crippen molar-refractivity contribution in [2.45, 2.75) is 38.8 Å². The molecule has 6 nitrogen and oxygen atoms in total. The zero-order valence-electron chi connectivity index (χ0n) is 12.0. The van der Waals surface area contributed by atoms with E-state index in [1.165, 1.54) is 0 Å². The Labute approximate surface area is 122 Å². The molecule has 0 bridgehead atoms. The lowest BCUT2D eigenvalue weighted by atomic mass is 10.0. The fraction of sp³-hybridized carbons (Fsp3) is 0.467. The van der Waals surface area contributed by atoms with Crippen molar-refractivity contribution in [1.82, 2.24) is 19.9 Å². The van der Waals surface area contributed by atoms with Crippen molar-refractivity contribution in [2.75, 3.05) is 6.54 Å². The molecular weight excluding hydrogens is 268 g/mol. The van der Waals surface area contributed by atoms with Crippen LogP contribution < -0.4 is 5.56 Å². The molecule has 1 atom stereocenters. The van der Waals surface area contributed by atoms with Crippen LogP contribution in [-0.4, -0.2) is 38.4 Å². The van der Waals surface area contributed by atoms with Crippen LogP contribution in [-0.2, 0) is 11.3 Å². The summed E-state index contributed by atoms with van der Waals surface area (Å²) in [6.45, 7) is 2.77. The van der Waals surface area contributed by atoms with Crippen molar-refractivity contribution in [3.05, 3.63) is 34.6 Å². The average molecular weight is 286 g/mol. The van der Waals surface area contributed by atoms with Gasteiger partial charge < -0.3 is 4.90 Å². The number of benzene rings is 1. The quantitative estimate of drug-likeness (QED) is 0.831. The fourth-order valence-electron chi connectivity index (χ4n) is 2.81. The van der Waals surface area contributed by atoms with Crippen molar-refractivity contribution in [3.8, 4) is 0 Å². The van der Waals surface area contributed by atoms with Crippen LogP contribution in [0.2, 0.25) is 0 Å². The van der Waals surface area contributed by atoms with Gasteiger partial charge in [0.1, 0.15) is 12.1 Å². The normalized spacial score (nSPS) is 18.9. The summed E-state index contributed by atoms with van der Waals surface area (Å²) in [7, 11) is 0. The molecule has 2 aromatic rings. The van der Waals surface area contributed by atoms with E-state index >= 15 is 0 Å². The Morgan fingerprint density at radius 3 is 2.95 bits per heavy atom. The minimum Gasteiger partial charge on any atom is -0.338 e. The Bertz CT molecular complexity index is 725. The molecule has 0 unspecified atom stereocenters. The maximum Gasteiger partial charge on any atom is 0.278 e. The van der Waals surface area contributed by atoms with Crippen molar-refractivity contribution in [3.63, 3.8) is 0 Å². The standard InChI is InChI=1S/C15H18N4O2/c1-11-6-4-5-9-18(11)14(20)10-19-15(21)12-7-2-3-8-13(12)16-17-19/h2-3,7-8,11H,4-6,9-10H2,1H3/t11-/m0/s1. The van der Waals surface area contributed by atoms with E-state index in [4.69, 9.17) is 0 Å². The van der Waals surface area contributed by atoms with E-state index in [0.717, 1.165) is 30.5 Å². The molecule has 21 heavy (non-hydrogen) atoms. The molecule has 110 valence electrons. The second kappa shape index (κ2) is 5.63. The van der Waals surface area contributed by atoms with Crippen LogP contribution in [0.4, 0.5) is 0 Å². The molecule has 1 saturated heterocycles. The van der Waals surface area contributed by atoms with Gasteiger partial charge in [-0.05, 0) is 38.3 Å². The van der Waals surface area contributed by atoms with Crippen LogP contribution >= 0.6 is 0 Å². The molecular formula is C15H18N4O2. The van der Waals surface area contributed by atoms with Gasteiger partial charge in [0.25, 0.3) is 5.56 Å². The Kier molecular flexibility index (Phi) is 3.68. The third-order valence-corrected chi connectivity index (χ3v) is 4.04. The van der Waals surface area contributed by atoms with E-state index in [1.807, 2.05) is 11.8 Å². The number of amides is 1. The minimum atomic E-state index is -0.265. The largest absolute Gasteiger partial charge is 0.338 e. The van der Waals surface area contributed by atoms with Crippen LogP contribution in [0, 0.1) is 0 Å². The Hall–Kier alpha value is -2.24. The number of carbonyl (C=O) groups is 1. The van der Waals surface area contributed by atoms with Crippen LogP contribution in [0.25, 0.3) is 10.9 Å². The van der Waals surface area contributed by atoms with Crippen molar-refractivity contribution >= 4 is 16.8 Å². The number of nitrogens with zero attached hydrogens (tertiary/aromatic N) is 4. The molecule has 1 aromatic heterocycles. The van der Waals surface area contributed by atoms with Gasteiger partial charge in [0.2, 0.25) is 5.91 Å². The number of aromatic nitrogens is 3. The minimum absolute atomic E-state index is 0.0407. The van der Waals surface area contributed by atoms with Crippen LogP contribution in [0.3, 0.4) is 0 Å². The molecule has 6 heteroatoms. The highest BCUT2D eigenvalue weighted by Gasteiger charge is 2.23. The Morgan fingerprint density at radius 2 is 2.14 bits per heavy atom. The molecule has 3 rings (SSSR count). The summed E-state index contributed by atoms with van der Waals surface area (Å²) in [5, 5.41) is 8.37. The SMILES string of the molecule is C[C@H]1CCCCN1C(=O)Cn1nnc2ccccc2c1=O. The summed E-state index contributed by atoms with van der Waals surface area (Å²) in [6.07, 6.45) is 3.19. The van der Waals surface area contributed by atoms with E-state index in [9.17, 15) is 9.59 Å². The van der Waals surface area contributed by atoms with Gasteiger partial charge in [-0.25, -0.2) is 4.68 Å². The first-order chi connectivity index (χ1) is 10.2. The second-order valence-electron chi connectivity index (χ2n) is 5.50. The number of rotatable bonds is 2. The summed E-state index contributed by atoms with van der Waals surface area (Å²) < 4.78 is 1.16. The lowest BCUT2D eigenvalue weighted by Gasteiger charge is -2.33. The number of hydrogen-bond donors (Lipinski definition) is 0. The van der Waals surface area contributed by atoms with E-state index in [-0.39, 0.29) is 24.1 Å². The van der Waals surface area contributed by atoms with Gasteiger partial charge in [0.05, 0.1) is 5.39 Å². The first-order valence-corrected chi connectivity index (χ1v) is 7.29. The first-order valence-electron chi connectivity index (χ1n) is 7.29. The molecule has 0 spiro atoms. The number of carbonyl (C=O) groups excluding carboxylic acids is 1. The van der Waals surface area contributed by atoms with Gasteiger partial charge in [-0.2, -0.15) is 0 Å². The monoisotopic (exact) mass is 286 g/mol. The number of fused-ring (bicyclic) bond motifs is 1. The number of likely N-dealkylation sites (tertiary alicyclic amines) is 1. The molecule has 1 fully saturated rings. The van der Waals surface area contributed by atoms with Gasteiger partial charge in [-0.15, -0.1) is 5.10 Å². The predicted molar refractivity (Wildman–Crippen MR) is 78.8 cm³/mol. The summed E-state index contributed by atoms with van der Waals surface area (Å²) >= 11 is 0. The van der Waals surface area contributed by atoms with E-state index in [1.54, 1.807) is 24.3 Å². The van der Waals surface area contributed by atoms with E-state index in [2.05, 4.69) is 10.3 Å². The summed E-state index contributed by atoms with van der Waals surface area (Å²) in [5.74, 6) is -0.0612. The Balaban J connectivity index is 1.86. The van der Waals surface area contributed by atoms with Gasteiger partial charge in [-0.3, -0.25) is 9.59 Å².